The van der Waals surface area contributed by atoms with Crippen LogP contribution in [0.4, 0.5) is 17.1 Å². The molecule has 2 N–H and O–H groups in total. The molecule has 218 valence electrons. The molecule has 3 aromatic carbocycles. The Morgan fingerprint density at radius 1 is 1.02 bits per heavy atom. The lowest BCUT2D eigenvalue weighted by Crippen LogP contribution is -2.33. The number of amides is 3. The quantitative estimate of drug-likeness (QED) is 0.135. The van der Waals surface area contributed by atoms with Gasteiger partial charge in [0.15, 0.2) is 0 Å². The Bertz CT molecular complexity index is 1830. The molecule has 0 bridgehead atoms. The van der Waals surface area contributed by atoms with Crippen LogP contribution in [0.25, 0.3) is 0 Å². The molecule has 12 nitrogen and oxygen atoms in total. The molecule has 6 rings (SSSR count). The molecule has 0 aliphatic carbocycles. The fourth-order valence-corrected chi connectivity index (χ4v) is 8.14. The molecule has 2 aliphatic rings. The summed E-state index contributed by atoms with van der Waals surface area (Å²) < 4.78 is 6.90. The monoisotopic (exact) mass is 618 g/mol. The molecular formula is C29H22N4O8S2. The van der Waals surface area contributed by atoms with Crippen molar-refractivity contribution in [3.8, 4) is 11.5 Å². The Hall–Kier alpha value is -4.95. The Morgan fingerprint density at radius 3 is 2.40 bits per heavy atom. The molecule has 2 aliphatic heterocycles. The number of nitro groups is 1. The van der Waals surface area contributed by atoms with Crippen molar-refractivity contribution in [1.82, 2.24) is 4.57 Å². The van der Waals surface area contributed by atoms with Crippen molar-refractivity contribution in [1.29, 1.82) is 0 Å². The molecule has 3 heterocycles. The number of benzene rings is 3. The van der Waals surface area contributed by atoms with Crippen molar-refractivity contribution in [2.24, 2.45) is 5.92 Å². The summed E-state index contributed by atoms with van der Waals surface area (Å²) in [4.78, 5) is 65.9. The number of methoxy groups -OCH3 is 1. The number of aromatic nitrogens is 1. The number of nitrogens with one attached hydrogen (secondary N) is 1. The number of imide groups is 1. The number of para-hydroxylation sites is 1. The first-order valence-electron chi connectivity index (χ1n) is 12.9. The highest BCUT2D eigenvalue weighted by Crippen LogP contribution is 2.55. The molecule has 0 spiro atoms. The van der Waals surface area contributed by atoms with Crippen LogP contribution in [0, 0.1) is 16.0 Å². The second-order valence-corrected chi connectivity index (χ2v) is 11.9. The van der Waals surface area contributed by atoms with E-state index in [1.54, 1.807) is 24.3 Å². The molecule has 0 radical (unpaired) electrons. The lowest BCUT2D eigenvalue weighted by molar-refractivity contribution is -0.384. The molecule has 4 aromatic rings. The number of anilines is 2. The summed E-state index contributed by atoms with van der Waals surface area (Å²) in [6.07, 6.45) is 0. The van der Waals surface area contributed by atoms with Crippen LogP contribution in [0.5, 0.6) is 11.5 Å². The van der Waals surface area contributed by atoms with E-state index in [2.05, 4.69) is 5.32 Å². The number of carbonyl (C=O) groups excluding carboxylic acids is 3. The van der Waals surface area contributed by atoms with Gasteiger partial charge in [0.25, 0.3) is 5.69 Å². The maximum Gasteiger partial charge on any atom is 0.308 e. The number of non-ortho nitro benzene ring substituents is 1. The lowest BCUT2D eigenvalue weighted by atomic mass is 9.82. The van der Waals surface area contributed by atoms with Gasteiger partial charge in [-0.1, -0.05) is 41.3 Å². The number of nitro benzene ring substituents is 1. The first kappa shape index (κ1) is 28.2. The van der Waals surface area contributed by atoms with Gasteiger partial charge in [-0.3, -0.25) is 33.9 Å². The fraction of sp³-hybridized carbons (Fsp3) is 0.172. The molecule has 0 saturated carbocycles. The number of ether oxygens (including phenoxy) is 1. The van der Waals surface area contributed by atoms with E-state index in [-0.39, 0.29) is 23.7 Å². The number of carbonyl (C=O) groups is 3. The maximum absolute atomic E-state index is 14.0. The normalized spacial score (nSPS) is 19.1. The van der Waals surface area contributed by atoms with E-state index in [1.807, 2.05) is 0 Å². The number of thiazole rings is 1. The summed E-state index contributed by atoms with van der Waals surface area (Å²) in [6, 6.07) is 18.1. The first-order valence-corrected chi connectivity index (χ1v) is 14.6. The van der Waals surface area contributed by atoms with Gasteiger partial charge < -0.3 is 15.2 Å². The van der Waals surface area contributed by atoms with Crippen molar-refractivity contribution in [2.75, 3.05) is 17.3 Å². The second-order valence-electron chi connectivity index (χ2n) is 9.79. The van der Waals surface area contributed by atoms with Crippen LogP contribution in [0.15, 0.2) is 82.6 Å². The minimum absolute atomic E-state index is 0.0352. The van der Waals surface area contributed by atoms with Gasteiger partial charge in [0.2, 0.25) is 17.7 Å². The Morgan fingerprint density at radius 2 is 1.72 bits per heavy atom. The van der Waals surface area contributed by atoms with E-state index >= 15 is 0 Å². The highest BCUT2D eigenvalue weighted by molar-refractivity contribution is 8.00. The van der Waals surface area contributed by atoms with E-state index in [9.17, 15) is 34.4 Å². The van der Waals surface area contributed by atoms with Crippen molar-refractivity contribution < 1.29 is 29.2 Å². The number of phenols is 1. The number of thioether (sulfide) groups is 1. The van der Waals surface area contributed by atoms with Gasteiger partial charge in [-0.15, -0.1) is 0 Å². The molecule has 1 fully saturated rings. The summed E-state index contributed by atoms with van der Waals surface area (Å²) >= 11 is 1.96. The SMILES string of the molecule is COc1ccccc1[C@@H]1c2sc(=O)n(CC(=O)Nc3ccc(O)cc3)c2S[C@H]2C(=O)N(c3ccc([N+](=O)[O-])cc3)C(=O)[C@@H]12. The van der Waals surface area contributed by atoms with Crippen molar-refractivity contribution >= 4 is 57.9 Å². The molecule has 1 aromatic heterocycles. The second kappa shape index (κ2) is 11.0. The van der Waals surface area contributed by atoms with Crippen LogP contribution in [-0.2, 0) is 20.9 Å². The van der Waals surface area contributed by atoms with Crippen LogP contribution in [0.2, 0.25) is 0 Å². The zero-order chi connectivity index (χ0) is 30.4. The van der Waals surface area contributed by atoms with Gasteiger partial charge in [0.05, 0.1) is 28.7 Å². The number of hydrogen-bond donors (Lipinski definition) is 2. The van der Waals surface area contributed by atoms with E-state index in [0.717, 1.165) is 28.0 Å². The number of rotatable bonds is 7. The van der Waals surface area contributed by atoms with E-state index < -0.39 is 44.6 Å². The third-order valence-electron chi connectivity index (χ3n) is 7.29. The van der Waals surface area contributed by atoms with Crippen molar-refractivity contribution in [2.45, 2.75) is 22.7 Å². The van der Waals surface area contributed by atoms with E-state index in [0.29, 0.717) is 26.9 Å². The summed E-state index contributed by atoms with van der Waals surface area (Å²) in [5, 5.41) is 22.8. The molecule has 0 unspecified atom stereocenters. The van der Waals surface area contributed by atoms with Gasteiger partial charge in [-0.25, -0.2) is 4.90 Å². The average Bonchev–Trinajstić information content (AvgIpc) is 3.44. The van der Waals surface area contributed by atoms with Gasteiger partial charge >= 0.3 is 4.87 Å². The van der Waals surface area contributed by atoms with Crippen LogP contribution in [-0.4, -0.2) is 44.7 Å². The maximum atomic E-state index is 14.0. The molecule has 14 heteroatoms. The highest BCUT2D eigenvalue weighted by Gasteiger charge is 2.57. The topological polar surface area (TPSA) is 161 Å². The lowest BCUT2D eigenvalue weighted by Gasteiger charge is -2.31. The molecule has 1 saturated heterocycles. The highest BCUT2D eigenvalue weighted by atomic mass is 32.2. The zero-order valence-corrected chi connectivity index (χ0v) is 24.0. The summed E-state index contributed by atoms with van der Waals surface area (Å²) in [5.41, 5.74) is 1.05. The van der Waals surface area contributed by atoms with E-state index in [1.165, 1.54) is 60.2 Å². The van der Waals surface area contributed by atoms with E-state index in [4.69, 9.17) is 4.74 Å². The number of hydrogen-bond acceptors (Lipinski definition) is 10. The standard InChI is InChI=1S/C29H22N4O8S2/c1-41-20-5-3-2-4-19(20)22-23-24(27(37)32(26(23)36)16-8-10-17(11-9-16)33(39)40)42-28-25(22)43-29(38)31(28)14-21(35)30-15-6-12-18(34)13-7-15/h2-13,22-24,34H,14H2,1H3,(H,30,35)/t22-,23-,24+/m0/s1. The van der Waals surface area contributed by atoms with Crippen LogP contribution in [0.3, 0.4) is 0 Å². The molecular weight excluding hydrogens is 596 g/mol. The third kappa shape index (κ3) is 4.93. The van der Waals surface area contributed by atoms with Gasteiger partial charge in [-0.05, 0) is 42.5 Å². The average molecular weight is 619 g/mol. The van der Waals surface area contributed by atoms with Crippen LogP contribution >= 0.6 is 23.1 Å². The van der Waals surface area contributed by atoms with Crippen LogP contribution in [0.1, 0.15) is 16.4 Å². The van der Waals surface area contributed by atoms with Gasteiger partial charge in [0, 0.05) is 34.2 Å². The number of aromatic hydroxyl groups is 1. The van der Waals surface area contributed by atoms with Crippen molar-refractivity contribution in [3.05, 3.63) is 103 Å². The number of fused-ring (bicyclic) bond motifs is 2. The van der Waals surface area contributed by atoms with Gasteiger partial charge in [0.1, 0.15) is 23.3 Å². The predicted molar refractivity (Wildman–Crippen MR) is 159 cm³/mol. The summed E-state index contributed by atoms with van der Waals surface area (Å²) in [6.45, 7) is -0.344. The zero-order valence-electron chi connectivity index (χ0n) is 22.3. The molecule has 43 heavy (non-hydrogen) atoms. The first-order chi connectivity index (χ1) is 20.7. The Kier molecular flexibility index (Phi) is 7.23. The van der Waals surface area contributed by atoms with Gasteiger partial charge in [-0.2, -0.15) is 0 Å². The fourth-order valence-electron chi connectivity index (χ4n) is 5.38. The predicted octanol–water partition coefficient (Wildman–Crippen LogP) is 3.97. The smallest absolute Gasteiger partial charge is 0.308 e. The van der Waals surface area contributed by atoms with Crippen molar-refractivity contribution in [3.63, 3.8) is 0 Å². The number of phenolic OH excluding ortho intramolecular Hbond substituents is 1. The minimum Gasteiger partial charge on any atom is -0.508 e. The largest absolute Gasteiger partial charge is 0.508 e. The third-order valence-corrected chi connectivity index (χ3v) is 9.90. The molecule has 3 atom stereocenters. The minimum atomic E-state index is -0.939. The molecule has 3 amide bonds. The summed E-state index contributed by atoms with van der Waals surface area (Å²) in [5.74, 6) is -2.67. The van der Waals surface area contributed by atoms with Crippen LogP contribution < -0.4 is 19.8 Å². The Labute approximate surface area is 251 Å². The summed E-state index contributed by atoms with van der Waals surface area (Å²) in [7, 11) is 1.49. The number of nitrogens with zero attached hydrogens (tertiary/aromatic N) is 3. The Balaban J connectivity index is 1.42.